The van der Waals surface area contributed by atoms with Gasteiger partial charge in [0.15, 0.2) is 11.9 Å². The summed E-state index contributed by atoms with van der Waals surface area (Å²) in [5, 5.41) is 45.2. The Balaban J connectivity index is 2.78. The molecule has 1 unspecified atom stereocenters. The number of aliphatic hydroxyl groups is 5. The Bertz CT molecular complexity index is 162. The normalized spacial score (nSPS) is 49.2. The standard InChI is InChI=1S/C6H12O6/c7-2-6(11)4(9)3(8)1-12-5(6)10/h3-5,7-11H,1-2H2/t3-,4-,5?,6-/m1/s1. The molecule has 6 nitrogen and oxygen atoms in total. The Hall–Kier alpha value is -0.240. The van der Waals surface area contributed by atoms with Gasteiger partial charge in [-0.05, 0) is 0 Å². The molecule has 1 aliphatic rings. The van der Waals surface area contributed by atoms with E-state index < -0.39 is 30.7 Å². The molecule has 0 radical (unpaired) electrons. The van der Waals surface area contributed by atoms with Crippen LogP contribution in [-0.2, 0) is 4.74 Å². The Morgan fingerprint density at radius 3 is 2.33 bits per heavy atom. The molecule has 0 bridgehead atoms. The predicted octanol–water partition coefficient (Wildman–Crippen LogP) is -3.22. The molecule has 0 aromatic carbocycles. The van der Waals surface area contributed by atoms with Crippen LogP contribution in [0.25, 0.3) is 0 Å². The summed E-state index contributed by atoms with van der Waals surface area (Å²) in [6.45, 7) is -1.16. The molecule has 0 saturated carbocycles. The number of rotatable bonds is 1. The third-order valence-electron chi connectivity index (χ3n) is 1.98. The molecule has 1 heterocycles. The van der Waals surface area contributed by atoms with Gasteiger partial charge in [-0.1, -0.05) is 0 Å². The van der Waals surface area contributed by atoms with Gasteiger partial charge in [0.1, 0.15) is 12.2 Å². The summed E-state index contributed by atoms with van der Waals surface area (Å²) < 4.78 is 4.50. The summed E-state index contributed by atoms with van der Waals surface area (Å²) in [6, 6.07) is 0. The van der Waals surface area contributed by atoms with Gasteiger partial charge < -0.3 is 30.3 Å². The van der Waals surface area contributed by atoms with Gasteiger partial charge in [0.25, 0.3) is 0 Å². The lowest BCUT2D eigenvalue weighted by atomic mass is 9.91. The van der Waals surface area contributed by atoms with E-state index in [1.807, 2.05) is 0 Å². The second kappa shape index (κ2) is 3.25. The highest BCUT2D eigenvalue weighted by Gasteiger charge is 2.50. The summed E-state index contributed by atoms with van der Waals surface area (Å²) >= 11 is 0. The summed E-state index contributed by atoms with van der Waals surface area (Å²) in [5.41, 5.74) is -2.20. The van der Waals surface area contributed by atoms with E-state index in [0.717, 1.165) is 0 Å². The SMILES string of the molecule is OC[C@]1(O)C(O)OC[C@@H](O)[C@H]1O. The highest BCUT2D eigenvalue weighted by molar-refractivity contribution is 4.95. The van der Waals surface area contributed by atoms with Crippen molar-refractivity contribution in [2.75, 3.05) is 13.2 Å². The lowest BCUT2D eigenvalue weighted by Gasteiger charge is -2.41. The van der Waals surface area contributed by atoms with Crippen molar-refractivity contribution in [3.8, 4) is 0 Å². The molecule has 0 amide bonds. The van der Waals surface area contributed by atoms with Crippen LogP contribution in [0.3, 0.4) is 0 Å². The van der Waals surface area contributed by atoms with E-state index in [9.17, 15) is 5.11 Å². The highest BCUT2D eigenvalue weighted by Crippen LogP contribution is 2.24. The minimum absolute atomic E-state index is 0.273. The molecule has 0 aliphatic carbocycles. The molecular formula is C6H12O6. The lowest BCUT2D eigenvalue weighted by Crippen LogP contribution is -2.64. The van der Waals surface area contributed by atoms with Crippen LogP contribution in [-0.4, -0.2) is 62.8 Å². The zero-order valence-electron chi connectivity index (χ0n) is 6.29. The number of hydrogen-bond acceptors (Lipinski definition) is 6. The van der Waals surface area contributed by atoms with Crippen LogP contribution < -0.4 is 0 Å². The zero-order valence-corrected chi connectivity index (χ0v) is 6.29. The van der Waals surface area contributed by atoms with Crippen molar-refractivity contribution in [3.05, 3.63) is 0 Å². The van der Waals surface area contributed by atoms with Crippen LogP contribution >= 0.6 is 0 Å². The average molecular weight is 180 g/mol. The van der Waals surface area contributed by atoms with Gasteiger partial charge in [-0.25, -0.2) is 0 Å². The summed E-state index contributed by atoms with van der Waals surface area (Å²) in [7, 11) is 0. The van der Waals surface area contributed by atoms with Gasteiger partial charge in [-0.3, -0.25) is 0 Å². The van der Waals surface area contributed by atoms with E-state index in [-0.39, 0.29) is 6.61 Å². The molecule has 0 aromatic heterocycles. The highest BCUT2D eigenvalue weighted by atomic mass is 16.6. The minimum atomic E-state index is -2.20. The molecule has 4 atom stereocenters. The molecule has 0 aromatic rings. The maximum absolute atomic E-state index is 9.35. The Kier molecular flexibility index (Phi) is 2.67. The Morgan fingerprint density at radius 2 is 1.92 bits per heavy atom. The van der Waals surface area contributed by atoms with Crippen LogP contribution in [0.4, 0.5) is 0 Å². The smallest absolute Gasteiger partial charge is 0.188 e. The van der Waals surface area contributed by atoms with Gasteiger partial charge in [0.05, 0.1) is 13.2 Å². The number of aliphatic hydroxyl groups excluding tert-OH is 4. The molecule has 72 valence electrons. The Labute approximate surface area is 68.6 Å². The third kappa shape index (κ3) is 1.33. The van der Waals surface area contributed by atoms with Crippen molar-refractivity contribution in [2.45, 2.75) is 24.1 Å². The van der Waals surface area contributed by atoms with Gasteiger partial charge >= 0.3 is 0 Å². The summed E-state index contributed by atoms with van der Waals surface area (Å²) in [4.78, 5) is 0. The van der Waals surface area contributed by atoms with Gasteiger partial charge in [0.2, 0.25) is 0 Å². The quantitative estimate of drug-likeness (QED) is 0.290. The van der Waals surface area contributed by atoms with E-state index in [0.29, 0.717) is 0 Å². The van der Waals surface area contributed by atoms with E-state index >= 15 is 0 Å². The van der Waals surface area contributed by atoms with Gasteiger partial charge in [-0.2, -0.15) is 0 Å². The van der Waals surface area contributed by atoms with E-state index in [1.54, 1.807) is 0 Å². The zero-order chi connectivity index (χ0) is 9.35. The maximum atomic E-state index is 9.35. The number of ether oxygens (including phenoxy) is 1. The molecule has 0 spiro atoms. The first-order valence-corrected chi connectivity index (χ1v) is 3.51. The topological polar surface area (TPSA) is 110 Å². The fourth-order valence-electron chi connectivity index (χ4n) is 1.08. The molecule has 1 fully saturated rings. The molecule has 1 aliphatic heterocycles. The van der Waals surface area contributed by atoms with E-state index in [2.05, 4.69) is 4.74 Å². The number of hydrogen-bond donors (Lipinski definition) is 5. The van der Waals surface area contributed by atoms with Crippen LogP contribution in [0.2, 0.25) is 0 Å². The third-order valence-corrected chi connectivity index (χ3v) is 1.98. The molecule has 6 heteroatoms. The van der Waals surface area contributed by atoms with Crippen molar-refractivity contribution in [3.63, 3.8) is 0 Å². The lowest BCUT2D eigenvalue weighted by molar-refractivity contribution is -0.310. The average Bonchev–Trinajstić information content (AvgIpc) is 2.08. The van der Waals surface area contributed by atoms with Crippen molar-refractivity contribution in [1.29, 1.82) is 0 Å². The molecule has 12 heavy (non-hydrogen) atoms. The molecule has 1 rings (SSSR count). The maximum Gasteiger partial charge on any atom is 0.188 e. The van der Waals surface area contributed by atoms with Gasteiger partial charge in [0, 0.05) is 0 Å². The molecular weight excluding hydrogens is 168 g/mol. The van der Waals surface area contributed by atoms with Crippen molar-refractivity contribution < 1.29 is 30.3 Å². The van der Waals surface area contributed by atoms with Crippen molar-refractivity contribution >= 4 is 0 Å². The van der Waals surface area contributed by atoms with Crippen molar-refractivity contribution in [2.24, 2.45) is 0 Å². The van der Waals surface area contributed by atoms with Gasteiger partial charge in [-0.15, -0.1) is 0 Å². The van der Waals surface area contributed by atoms with Crippen LogP contribution in [0.15, 0.2) is 0 Å². The molecule has 1 saturated heterocycles. The monoisotopic (exact) mass is 180 g/mol. The fraction of sp³-hybridized carbons (Fsp3) is 1.00. The summed E-state index contributed by atoms with van der Waals surface area (Å²) in [5.74, 6) is 0. The first kappa shape index (κ1) is 9.85. The predicted molar refractivity (Wildman–Crippen MR) is 36.0 cm³/mol. The molecule has 5 N–H and O–H groups in total. The second-order valence-corrected chi connectivity index (χ2v) is 2.85. The van der Waals surface area contributed by atoms with Crippen LogP contribution in [0.1, 0.15) is 0 Å². The Morgan fingerprint density at radius 1 is 1.33 bits per heavy atom. The minimum Gasteiger partial charge on any atom is -0.393 e. The van der Waals surface area contributed by atoms with E-state index in [4.69, 9.17) is 20.4 Å². The first-order chi connectivity index (χ1) is 5.52. The van der Waals surface area contributed by atoms with Crippen LogP contribution in [0.5, 0.6) is 0 Å². The second-order valence-electron chi connectivity index (χ2n) is 2.85. The fourth-order valence-corrected chi connectivity index (χ4v) is 1.08. The summed E-state index contributed by atoms with van der Waals surface area (Å²) in [6.07, 6.45) is -4.59. The van der Waals surface area contributed by atoms with Crippen molar-refractivity contribution in [1.82, 2.24) is 0 Å². The first-order valence-electron chi connectivity index (χ1n) is 3.51. The largest absolute Gasteiger partial charge is 0.393 e. The van der Waals surface area contributed by atoms with E-state index in [1.165, 1.54) is 0 Å². The van der Waals surface area contributed by atoms with Crippen LogP contribution in [0, 0.1) is 0 Å².